The van der Waals surface area contributed by atoms with Gasteiger partial charge in [-0.1, -0.05) is 41.4 Å². The second-order valence-electron chi connectivity index (χ2n) is 6.77. The highest BCUT2D eigenvalue weighted by atomic mass is 35.5. The number of rotatable bonds is 3. The van der Waals surface area contributed by atoms with E-state index in [0.717, 1.165) is 22.5 Å². The van der Waals surface area contributed by atoms with E-state index in [1.807, 2.05) is 50.2 Å². The summed E-state index contributed by atoms with van der Waals surface area (Å²) >= 11 is 5.97. The molecule has 2 aromatic carbocycles. The quantitative estimate of drug-likeness (QED) is 0.684. The third kappa shape index (κ3) is 3.15. The van der Waals surface area contributed by atoms with Crippen molar-refractivity contribution in [3.8, 4) is 5.69 Å². The molecule has 27 heavy (non-hydrogen) atoms. The SMILES string of the molecule is Cc1ccc(C(=O)C2CC(=O)Nc3c2c(C)nn3-c2ccc(Cl)cc2)cc1. The molecule has 1 unspecified atom stereocenters. The Morgan fingerprint density at radius 1 is 1.11 bits per heavy atom. The fraction of sp³-hybridized carbons (Fsp3) is 0.190. The van der Waals surface area contributed by atoms with E-state index < -0.39 is 5.92 Å². The molecule has 6 heteroatoms. The zero-order valence-corrected chi connectivity index (χ0v) is 15.7. The van der Waals surface area contributed by atoms with E-state index in [1.165, 1.54) is 0 Å². The van der Waals surface area contributed by atoms with Crippen molar-refractivity contribution in [2.24, 2.45) is 0 Å². The van der Waals surface area contributed by atoms with Crippen molar-refractivity contribution in [1.29, 1.82) is 0 Å². The summed E-state index contributed by atoms with van der Waals surface area (Å²) < 4.78 is 1.66. The van der Waals surface area contributed by atoms with Gasteiger partial charge in [-0.3, -0.25) is 9.59 Å². The molecule has 1 aromatic heterocycles. The van der Waals surface area contributed by atoms with Gasteiger partial charge in [-0.2, -0.15) is 5.10 Å². The van der Waals surface area contributed by atoms with Gasteiger partial charge in [0.2, 0.25) is 5.91 Å². The lowest BCUT2D eigenvalue weighted by atomic mass is 9.85. The largest absolute Gasteiger partial charge is 0.310 e. The number of aryl methyl sites for hydroxylation is 2. The molecular weight excluding hydrogens is 362 g/mol. The minimum Gasteiger partial charge on any atom is -0.310 e. The topological polar surface area (TPSA) is 64.0 Å². The standard InChI is InChI=1S/C21H18ClN3O2/c1-12-3-5-14(6-4-12)20(27)17-11-18(26)23-21-19(17)13(2)24-25(21)16-9-7-15(22)8-10-16/h3-10,17H,11H2,1-2H3,(H,23,26). The molecular formula is C21H18ClN3O2. The van der Waals surface area contributed by atoms with Gasteiger partial charge in [0.15, 0.2) is 5.78 Å². The van der Waals surface area contributed by atoms with Crippen LogP contribution in [-0.2, 0) is 4.79 Å². The summed E-state index contributed by atoms with van der Waals surface area (Å²) in [5.74, 6) is -0.248. The Bertz CT molecular complexity index is 1040. The van der Waals surface area contributed by atoms with Crippen molar-refractivity contribution in [3.05, 3.63) is 75.9 Å². The molecule has 5 nitrogen and oxygen atoms in total. The van der Waals surface area contributed by atoms with Crippen LogP contribution in [0.15, 0.2) is 48.5 Å². The maximum atomic E-state index is 13.1. The Morgan fingerprint density at radius 3 is 2.44 bits per heavy atom. The van der Waals surface area contributed by atoms with Gasteiger partial charge in [0.05, 0.1) is 17.3 Å². The average Bonchev–Trinajstić information content (AvgIpc) is 2.98. The minimum atomic E-state index is -0.544. The summed E-state index contributed by atoms with van der Waals surface area (Å²) in [5.41, 5.74) is 3.96. The van der Waals surface area contributed by atoms with Crippen molar-refractivity contribution in [2.75, 3.05) is 5.32 Å². The Hall–Kier alpha value is -2.92. The highest BCUT2D eigenvalue weighted by Gasteiger charge is 2.36. The number of benzene rings is 2. The minimum absolute atomic E-state index is 0.0649. The zero-order chi connectivity index (χ0) is 19.1. The smallest absolute Gasteiger partial charge is 0.226 e. The van der Waals surface area contributed by atoms with Gasteiger partial charge in [0.1, 0.15) is 5.82 Å². The number of nitrogens with zero attached hydrogens (tertiary/aromatic N) is 2. The van der Waals surface area contributed by atoms with Gasteiger partial charge < -0.3 is 5.32 Å². The molecule has 0 fully saturated rings. The molecule has 0 saturated heterocycles. The molecule has 0 bridgehead atoms. The first-order valence-corrected chi connectivity index (χ1v) is 9.08. The summed E-state index contributed by atoms with van der Waals surface area (Å²) in [6.07, 6.45) is 0.118. The summed E-state index contributed by atoms with van der Waals surface area (Å²) in [4.78, 5) is 25.5. The Balaban J connectivity index is 1.80. The van der Waals surface area contributed by atoms with Gasteiger partial charge in [-0.05, 0) is 38.1 Å². The molecule has 0 saturated carbocycles. The Morgan fingerprint density at radius 2 is 1.78 bits per heavy atom. The monoisotopic (exact) mass is 379 g/mol. The number of anilines is 1. The molecule has 2 heterocycles. The van der Waals surface area contributed by atoms with Crippen LogP contribution in [0.1, 0.15) is 39.5 Å². The van der Waals surface area contributed by atoms with Gasteiger partial charge in [0, 0.05) is 22.6 Å². The van der Waals surface area contributed by atoms with Crippen molar-refractivity contribution in [2.45, 2.75) is 26.2 Å². The van der Waals surface area contributed by atoms with Crippen LogP contribution < -0.4 is 5.32 Å². The van der Waals surface area contributed by atoms with E-state index in [4.69, 9.17) is 11.6 Å². The summed E-state index contributed by atoms with van der Waals surface area (Å²) in [6, 6.07) is 14.6. The molecule has 1 amide bonds. The fourth-order valence-electron chi connectivity index (χ4n) is 3.46. The van der Waals surface area contributed by atoms with Crippen molar-refractivity contribution in [1.82, 2.24) is 9.78 Å². The maximum Gasteiger partial charge on any atom is 0.226 e. The molecule has 1 aliphatic rings. The van der Waals surface area contributed by atoms with Crippen molar-refractivity contribution in [3.63, 3.8) is 0 Å². The fourth-order valence-corrected chi connectivity index (χ4v) is 3.59. The molecule has 0 aliphatic carbocycles. The molecule has 1 aliphatic heterocycles. The van der Waals surface area contributed by atoms with E-state index in [1.54, 1.807) is 16.8 Å². The number of carbonyl (C=O) groups excluding carboxylic acids is 2. The van der Waals surface area contributed by atoms with E-state index in [-0.39, 0.29) is 18.1 Å². The van der Waals surface area contributed by atoms with Crippen LogP contribution in [0, 0.1) is 13.8 Å². The second-order valence-corrected chi connectivity index (χ2v) is 7.21. The number of carbonyl (C=O) groups is 2. The number of aromatic nitrogens is 2. The van der Waals surface area contributed by atoms with Crippen LogP contribution in [0.5, 0.6) is 0 Å². The van der Waals surface area contributed by atoms with Gasteiger partial charge in [0.25, 0.3) is 0 Å². The lowest BCUT2D eigenvalue weighted by molar-refractivity contribution is -0.116. The third-order valence-corrected chi connectivity index (χ3v) is 5.08. The first kappa shape index (κ1) is 17.5. The second kappa shape index (κ2) is 6.67. The number of amides is 1. The summed E-state index contributed by atoms with van der Waals surface area (Å²) in [7, 11) is 0. The van der Waals surface area contributed by atoms with Gasteiger partial charge in [-0.15, -0.1) is 0 Å². The highest BCUT2D eigenvalue weighted by Crippen LogP contribution is 2.38. The number of halogens is 1. The molecule has 0 spiro atoms. The van der Waals surface area contributed by atoms with Crippen LogP contribution >= 0.6 is 11.6 Å². The number of fused-ring (bicyclic) bond motifs is 1. The van der Waals surface area contributed by atoms with E-state index >= 15 is 0 Å². The van der Waals surface area contributed by atoms with Crippen molar-refractivity contribution < 1.29 is 9.59 Å². The van der Waals surface area contributed by atoms with Crippen LogP contribution in [0.4, 0.5) is 5.82 Å². The molecule has 1 atom stereocenters. The zero-order valence-electron chi connectivity index (χ0n) is 15.0. The van der Waals surface area contributed by atoms with Gasteiger partial charge in [-0.25, -0.2) is 4.68 Å². The van der Waals surface area contributed by atoms with E-state index in [9.17, 15) is 9.59 Å². The van der Waals surface area contributed by atoms with Gasteiger partial charge >= 0.3 is 0 Å². The lowest BCUT2D eigenvalue weighted by Gasteiger charge is -2.23. The highest BCUT2D eigenvalue weighted by molar-refractivity contribution is 6.30. The first-order valence-electron chi connectivity index (χ1n) is 8.70. The van der Waals surface area contributed by atoms with Crippen molar-refractivity contribution >= 4 is 29.1 Å². The van der Waals surface area contributed by atoms with Crippen LogP contribution in [0.25, 0.3) is 5.69 Å². The average molecular weight is 380 g/mol. The summed E-state index contributed by atoms with van der Waals surface area (Å²) in [5, 5.41) is 8.08. The number of hydrogen-bond donors (Lipinski definition) is 1. The maximum absolute atomic E-state index is 13.1. The van der Waals surface area contributed by atoms with Crippen LogP contribution in [0.2, 0.25) is 5.02 Å². The molecule has 136 valence electrons. The van der Waals surface area contributed by atoms with E-state index in [2.05, 4.69) is 10.4 Å². The normalized spacial score (nSPS) is 16.0. The molecule has 4 rings (SSSR count). The Labute approximate surface area is 162 Å². The summed E-state index contributed by atoms with van der Waals surface area (Å²) in [6.45, 7) is 3.83. The Kier molecular flexibility index (Phi) is 4.32. The van der Waals surface area contributed by atoms with Crippen LogP contribution in [0.3, 0.4) is 0 Å². The number of ketones is 1. The predicted octanol–water partition coefficient (Wildman–Crippen LogP) is 4.45. The predicted molar refractivity (Wildman–Crippen MR) is 105 cm³/mol. The lowest BCUT2D eigenvalue weighted by Crippen LogP contribution is -2.28. The number of nitrogens with one attached hydrogen (secondary N) is 1. The number of hydrogen-bond acceptors (Lipinski definition) is 3. The molecule has 1 N–H and O–H groups in total. The van der Waals surface area contributed by atoms with Crippen LogP contribution in [-0.4, -0.2) is 21.5 Å². The third-order valence-electron chi connectivity index (χ3n) is 4.83. The number of Topliss-reactive ketones (excluding diaryl/α,β-unsaturated/α-hetero) is 1. The first-order chi connectivity index (χ1) is 12.9. The van der Waals surface area contributed by atoms with E-state index in [0.29, 0.717) is 16.4 Å². The molecule has 3 aromatic rings. The molecule has 0 radical (unpaired) electrons.